The van der Waals surface area contributed by atoms with Gasteiger partial charge in [-0.15, -0.1) is 23.1 Å². The monoisotopic (exact) mass is 1800 g/mol. The number of phenols is 1. The van der Waals surface area contributed by atoms with Crippen molar-refractivity contribution in [2.75, 3.05) is 58.9 Å². The van der Waals surface area contributed by atoms with E-state index in [0.29, 0.717) is 53.3 Å². The number of rotatable bonds is 22. The first-order valence-corrected chi connectivity index (χ1v) is 44.6. The zero-order valence-corrected chi connectivity index (χ0v) is 74.5. The fraction of sp³-hybridized carbons (Fsp3) is 0.535. The number of aliphatic hydroxyl groups excluding tert-OH is 1. The highest BCUT2D eigenvalue weighted by Crippen LogP contribution is 2.30. The Morgan fingerprint density at radius 1 is 0.520 bits per heavy atom. The van der Waals surface area contributed by atoms with Crippen LogP contribution >= 0.6 is 23.1 Å². The molecule has 39 nitrogen and oxygen atoms in total. The fourth-order valence-corrected chi connectivity index (χ4v) is 17.4. The van der Waals surface area contributed by atoms with Gasteiger partial charge in [0.05, 0.1) is 31.7 Å². The van der Waals surface area contributed by atoms with E-state index in [2.05, 4.69) is 58.2 Å². The molecule has 0 saturated carbocycles. The maximum absolute atomic E-state index is 15.6. The van der Waals surface area contributed by atoms with Crippen LogP contribution in [0.15, 0.2) is 84.4 Å². The third-order valence-electron chi connectivity index (χ3n) is 22.7. The first-order chi connectivity index (χ1) is 60.3. The standard InChI is InChI=1S/C86H119N19O20S2/c1-10-12-23-64-79(118)92-47(5)73(112)100-63(75(114)91-41-71(89)110)44-126-45-72(111)93-59(35-49-28-30-52(107)31-29-49)82(121)101(7)48(6)74(113)96-61(39-70(88)109)85(124)105-33-19-26-66(105)81(120)95-57(38-69(87)108)77(116)97-58(34-46(3)4)84(123)104-32-18-25-65(104)80(119)94-56(36-50-40-90-55-22-16-14-20-53(50)55)76(115)99-62(42-106)78(117)98-60(37-51-43-127-68-27-17-15-21-54(51)68)83(122)103(9)67(24-13-11-2)86(125)102(64)8/h14-17,20-22,27-31,40,43,46-48,56-67,90,106-107H,10-13,18-19,23-26,32-39,41-42,44-45H2,1-9H3,(H2,87,108)(H2,88,109)(H2,89,110)(H,91,114)(H,92,118)(H,93,111)(H,94,119)(H,95,120)(H,96,113)(H,97,116)(H,98,117)(H,99,115)(H,100,112)/t47-,48-,56-,57-,58-,59-,60-,61-,62-,63?,64-,65-,66-,67-/m0/s1. The van der Waals surface area contributed by atoms with E-state index < -0.39 is 228 Å². The fourth-order valence-electron chi connectivity index (χ4n) is 15.6. The van der Waals surface area contributed by atoms with Crippen LogP contribution in [0.3, 0.4) is 0 Å². The number of aliphatic hydroxyl groups is 1. The smallest absolute Gasteiger partial charge is 0.246 e. The third kappa shape index (κ3) is 27.6. The van der Waals surface area contributed by atoms with Gasteiger partial charge in [-0.2, -0.15) is 0 Å². The second-order valence-electron chi connectivity index (χ2n) is 32.7. The molecule has 0 radical (unpaired) electrons. The summed E-state index contributed by atoms with van der Waals surface area (Å²) in [5.41, 5.74) is 18.9. The van der Waals surface area contributed by atoms with Crippen LogP contribution in [0, 0.1) is 5.92 Å². The molecule has 0 bridgehead atoms. The molecule has 0 spiro atoms. The molecule has 127 heavy (non-hydrogen) atoms. The van der Waals surface area contributed by atoms with E-state index in [9.17, 15) is 67.7 Å². The molecule has 3 aliphatic rings. The van der Waals surface area contributed by atoms with Crippen molar-refractivity contribution in [3.8, 4) is 5.75 Å². The summed E-state index contributed by atoms with van der Waals surface area (Å²) in [7, 11) is 3.94. The number of nitrogens with one attached hydrogen (secondary N) is 11. The van der Waals surface area contributed by atoms with Crippen molar-refractivity contribution in [3.63, 3.8) is 0 Å². The van der Waals surface area contributed by atoms with Gasteiger partial charge >= 0.3 is 0 Å². The topological polar surface area (TPSA) is 578 Å². The molecule has 5 aromatic rings. The molecule has 3 fully saturated rings. The number of fused-ring (bicyclic) bond motifs is 4. The summed E-state index contributed by atoms with van der Waals surface area (Å²) in [4.78, 5) is 268. The summed E-state index contributed by atoms with van der Waals surface area (Å²) in [6, 6.07) is -1.46. The number of para-hydroxylation sites is 1. The van der Waals surface area contributed by atoms with Crippen LogP contribution in [0.4, 0.5) is 0 Å². The van der Waals surface area contributed by atoms with Crippen LogP contribution in [0.1, 0.15) is 142 Å². The predicted molar refractivity (Wildman–Crippen MR) is 470 cm³/mol. The van der Waals surface area contributed by atoms with Crippen LogP contribution in [-0.4, -0.2) is 290 Å². The lowest BCUT2D eigenvalue weighted by Crippen LogP contribution is -2.61. The van der Waals surface area contributed by atoms with Crippen molar-refractivity contribution in [3.05, 3.63) is 101 Å². The Hall–Kier alpha value is -12.3. The average molecular weight is 1800 g/mol. The number of hydrogen-bond donors (Lipinski definition) is 16. The second kappa shape index (κ2) is 47.3. The van der Waals surface area contributed by atoms with Gasteiger partial charge in [0.1, 0.15) is 90.3 Å². The van der Waals surface area contributed by atoms with Gasteiger partial charge in [-0.1, -0.05) is 102 Å². The molecule has 2 aromatic heterocycles. The van der Waals surface area contributed by atoms with E-state index in [1.165, 1.54) is 85.3 Å². The molecule has 3 saturated heterocycles. The number of phenolic OH excluding ortho intramolecular Hbond substituents is 1. The van der Waals surface area contributed by atoms with E-state index in [1.807, 2.05) is 32.0 Å². The molecule has 3 aromatic carbocycles. The number of unbranched alkanes of at least 4 members (excludes halogenated alkanes) is 2. The van der Waals surface area contributed by atoms with E-state index >= 15 is 28.8 Å². The number of aromatic nitrogens is 1. The number of primary amides is 3. The number of thiophene rings is 1. The number of likely N-dealkylation sites (N-methyl/N-ethyl adjacent to an activating group) is 3. The first kappa shape index (κ1) is 100. The van der Waals surface area contributed by atoms with Crippen LogP contribution in [-0.2, 0) is 106 Å². The third-order valence-corrected chi connectivity index (χ3v) is 24.8. The summed E-state index contributed by atoms with van der Waals surface area (Å²) in [6.45, 7) is 7.80. The Bertz CT molecular complexity index is 4830. The number of H-pyrrole nitrogens is 1. The summed E-state index contributed by atoms with van der Waals surface area (Å²) < 4.78 is 0.829. The van der Waals surface area contributed by atoms with Crippen molar-refractivity contribution in [1.82, 2.24) is 82.7 Å². The van der Waals surface area contributed by atoms with Gasteiger partial charge < -0.3 is 110 Å². The highest BCUT2D eigenvalue weighted by atomic mass is 32.2. The Kier molecular flexibility index (Phi) is 37.3. The van der Waals surface area contributed by atoms with Gasteiger partial charge in [0.2, 0.25) is 106 Å². The van der Waals surface area contributed by atoms with Gasteiger partial charge in [0.15, 0.2) is 0 Å². The number of aromatic amines is 1. The van der Waals surface area contributed by atoms with Crippen molar-refractivity contribution in [1.29, 1.82) is 0 Å². The predicted octanol–water partition coefficient (Wildman–Crippen LogP) is -1.50. The molecule has 3 aliphatic heterocycles. The highest BCUT2D eigenvalue weighted by molar-refractivity contribution is 8.00. The molecular formula is C86H119N19O20S2. The van der Waals surface area contributed by atoms with Crippen molar-refractivity contribution in [2.45, 2.75) is 229 Å². The van der Waals surface area contributed by atoms with Crippen molar-refractivity contribution in [2.24, 2.45) is 23.1 Å². The van der Waals surface area contributed by atoms with E-state index in [1.54, 1.807) is 55.8 Å². The molecule has 5 heterocycles. The minimum Gasteiger partial charge on any atom is -0.508 e. The molecule has 1 unspecified atom stereocenters. The maximum Gasteiger partial charge on any atom is 0.246 e. The second-order valence-corrected chi connectivity index (χ2v) is 34.7. The molecule has 690 valence electrons. The molecule has 19 N–H and O–H groups in total. The Labute approximate surface area is 743 Å². The molecule has 0 aliphatic carbocycles. The summed E-state index contributed by atoms with van der Waals surface area (Å²) in [5, 5.41) is 50.4. The summed E-state index contributed by atoms with van der Waals surface area (Å²) >= 11 is 2.14. The Balaban J connectivity index is 1.16. The highest BCUT2D eigenvalue weighted by Gasteiger charge is 2.45. The molecular weight excluding hydrogens is 1680 g/mol. The number of nitrogens with zero attached hydrogens (tertiary/aromatic N) is 5. The molecule has 18 amide bonds. The molecule has 8 rings (SSSR count). The van der Waals surface area contributed by atoms with Crippen molar-refractivity contribution >= 4 is 150 Å². The lowest BCUT2D eigenvalue weighted by atomic mass is 10.00. The SMILES string of the molecule is CCCC[C@H]1C(=O)N(C)[C@@H](CCCC)C(=O)N[C@@H](C)C(=O)NC(C(=O)NCC(N)=O)CSCC(=O)N[C@@H](Cc2ccc(O)cc2)C(=O)N(C)[C@@H](C)C(=O)N[C@@H](CC(N)=O)C(=O)N2CCC[C@H]2C(=O)N[C@@H](CC(N)=O)C(=O)N[C@@H](CC(C)C)C(=O)N2CCC[C@H]2C(=O)N[C@@H](Cc2c[nH]c3ccccc23)C(=O)N[C@@H](CO)C(=O)N[C@@H](Cc2csc3ccccc23)C(=O)N1C. The van der Waals surface area contributed by atoms with Gasteiger partial charge in [-0.3, -0.25) is 86.3 Å². The van der Waals surface area contributed by atoms with Crippen LogP contribution < -0.4 is 70.4 Å². The summed E-state index contributed by atoms with van der Waals surface area (Å²) in [6.07, 6.45) is 1.38. The number of benzene rings is 3. The van der Waals surface area contributed by atoms with E-state index in [0.717, 1.165) is 31.6 Å². The van der Waals surface area contributed by atoms with E-state index in [-0.39, 0.29) is 89.0 Å². The number of hydrogen-bond acceptors (Lipinski definition) is 22. The lowest BCUT2D eigenvalue weighted by molar-refractivity contribution is -0.149. The molecule has 41 heteroatoms. The number of thioether (sulfide) groups is 1. The van der Waals surface area contributed by atoms with Gasteiger partial charge in [0, 0.05) is 81.0 Å². The number of aromatic hydroxyl groups is 1. The zero-order valence-electron chi connectivity index (χ0n) is 72.8. The minimum atomic E-state index is -1.84. The largest absolute Gasteiger partial charge is 0.508 e. The van der Waals surface area contributed by atoms with Crippen LogP contribution in [0.25, 0.3) is 21.0 Å². The summed E-state index contributed by atoms with van der Waals surface area (Å²) in [5.74, 6) is -18.3. The maximum atomic E-state index is 15.6. The van der Waals surface area contributed by atoms with Gasteiger partial charge in [0.25, 0.3) is 0 Å². The minimum absolute atomic E-state index is 0.0336. The number of amides is 18. The van der Waals surface area contributed by atoms with E-state index in [4.69, 9.17) is 17.2 Å². The van der Waals surface area contributed by atoms with Crippen molar-refractivity contribution < 1.29 is 96.5 Å². The van der Waals surface area contributed by atoms with Gasteiger partial charge in [-0.25, -0.2) is 0 Å². The average Bonchev–Trinajstić information content (AvgIpc) is 1.75. The first-order valence-electron chi connectivity index (χ1n) is 42.6. The van der Waals surface area contributed by atoms with Crippen LogP contribution in [0.2, 0.25) is 0 Å². The quantitative estimate of drug-likeness (QED) is 0.0375. The lowest BCUT2D eigenvalue weighted by Gasteiger charge is -2.36. The Morgan fingerprint density at radius 3 is 1.65 bits per heavy atom. The number of carbonyl (C=O) groups excluding carboxylic acids is 18. The van der Waals surface area contributed by atoms with Crippen LogP contribution in [0.5, 0.6) is 5.75 Å². The normalized spacial score (nSPS) is 25.0. The Morgan fingerprint density at radius 2 is 1.04 bits per heavy atom. The number of nitrogens with two attached hydrogens (primary N) is 3. The van der Waals surface area contributed by atoms with Gasteiger partial charge in [-0.05, 0) is 116 Å². The number of carbonyl (C=O) groups is 18. The zero-order chi connectivity index (χ0) is 93.2. The molecule has 14 atom stereocenters.